The summed E-state index contributed by atoms with van der Waals surface area (Å²) in [5.74, 6) is -0.178. The summed E-state index contributed by atoms with van der Waals surface area (Å²) >= 11 is 1.04. The van der Waals surface area contributed by atoms with Gasteiger partial charge in [-0.15, -0.1) is 0 Å². The van der Waals surface area contributed by atoms with Gasteiger partial charge >= 0.3 is 0 Å². The van der Waals surface area contributed by atoms with E-state index in [1.807, 2.05) is 26.0 Å². The van der Waals surface area contributed by atoms with Gasteiger partial charge in [-0.25, -0.2) is 0 Å². The van der Waals surface area contributed by atoms with Crippen LogP contribution in [0.4, 0.5) is 10.5 Å². The maximum Gasteiger partial charge on any atom is 0.293 e. The number of imide groups is 1. The number of carbonyl (C=O) groups excluding carboxylic acids is 2. The van der Waals surface area contributed by atoms with Crippen molar-refractivity contribution in [2.75, 3.05) is 11.4 Å². The van der Waals surface area contributed by atoms with Gasteiger partial charge in [-0.05, 0) is 81.6 Å². The van der Waals surface area contributed by atoms with Gasteiger partial charge in [0.25, 0.3) is 11.1 Å². The van der Waals surface area contributed by atoms with E-state index in [-0.39, 0.29) is 22.7 Å². The van der Waals surface area contributed by atoms with E-state index in [1.165, 1.54) is 21.7 Å². The molecule has 0 aliphatic carbocycles. The predicted molar refractivity (Wildman–Crippen MR) is 119 cm³/mol. The molecule has 0 saturated carbocycles. The second kappa shape index (κ2) is 7.78. The van der Waals surface area contributed by atoms with Crippen molar-refractivity contribution in [3.8, 4) is 0 Å². The minimum Gasteiger partial charge on any atom is -0.362 e. The fourth-order valence-corrected chi connectivity index (χ4v) is 4.95. The molecule has 0 spiro atoms. The Morgan fingerprint density at radius 1 is 1.21 bits per heavy atom. The molecule has 3 rings (SSSR count). The number of carbonyl (C=O) groups is 2. The molecule has 1 aromatic carbocycles. The number of hydrogen-bond donors (Lipinski definition) is 0. The highest BCUT2D eigenvalue weighted by molar-refractivity contribution is 8.18. The summed E-state index contributed by atoms with van der Waals surface area (Å²) in [6.45, 7) is 13.7. The Balaban J connectivity index is 1.97. The topological polar surface area (TPSA) is 40.6 Å². The molecular formula is C23H30N2O2S. The lowest BCUT2D eigenvalue weighted by atomic mass is 9.88. The number of hydrogen-bond acceptors (Lipinski definition) is 4. The van der Waals surface area contributed by atoms with Crippen molar-refractivity contribution in [3.05, 3.63) is 40.3 Å². The lowest BCUT2D eigenvalue weighted by molar-refractivity contribution is -0.124. The maximum atomic E-state index is 12.7. The highest BCUT2D eigenvalue weighted by Gasteiger charge is 2.37. The summed E-state index contributed by atoms with van der Waals surface area (Å²) in [6.07, 6.45) is 6.01. The maximum absolute atomic E-state index is 12.7. The fourth-order valence-electron chi connectivity index (χ4n) is 4.02. The molecule has 5 heteroatoms. The lowest BCUT2D eigenvalue weighted by Crippen LogP contribution is -2.45. The molecule has 1 aromatic rings. The van der Waals surface area contributed by atoms with Gasteiger partial charge in [0.2, 0.25) is 0 Å². The Bertz CT molecular complexity index is 869. The third kappa shape index (κ3) is 3.64. The highest BCUT2D eigenvalue weighted by Crippen LogP contribution is 2.40. The zero-order valence-electron chi connectivity index (χ0n) is 17.7. The number of benzene rings is 1. The average Bonchev–Trinajstić information content (AvgIpc) is 2.91. The Labute approximate surface area is 172 Å². The summed E-state index contributed by atoms with van der Waals surface area (Å²) in [5, 5.41) is -0.171. The van der Waals surface area contributed by atoms with Crippen molar-refractivity contribution in [3.63, 3.8) is 0 Å². The molecule has 2 aliphatic rings. The number of fused-ring (bicyclic) bond motifs is 1. The van der Waals surface area contributed by atoms with E-state index in [2.05, 4.69) is 50.8 Å². The van der Waals surface area contributed by atoms with Gasteiger partial charge in [0, 0.05) is 23.8 Å². The first kappa shape index (κ1) is 20.7. The normalized spacial score (nSPS) is 21.2. The molecule has 1 atom stereocenters. The van der Waals surface area contributed by atoms with Gasteiger partial charge in [0.05, 0.1) is 10.4 Å². The summed E-state index contributed by atoms with van der Waals surface area (Å²) in [5.41, 5.74) is 4.61. The van der Waals surface area contributed by atoms with E-state index >= 15 is 0 Å². The van der Waals surface area contributed by atoms with Crippen LogP contribution in [0.15, 0.2) is 29.2 Å². The zero-order chi connectivity index (χ0) is 20.6. The molecule has 1 saturated heterocycles. The Kier molecular flexibility index (Phi) is 5.76. The monoisotopic (exact) mass is 398 g/mol. The molecular weight excluding hydrogens is 368 g/mol. The van der Waals surface area contributed by atoms with Crippen LogP contribution in [0.5, 0.6) is 0 Å². The lowest BCUT2D eigenvalue weighted by Gasteiger charge is -2.43. The van der Waals surface area contributed by atoms with Crippen molar-refractivity contribution < 1.29 is 9.59 Å². The number of thioether (sulfide) groups is 1. The van der Waals surface area contributed by atoms with Gasteiger partial charge < -0.3 is 4.90 Å². The molecule has 2 amide bonds. The van der Waals surface area contributed by atoms with Crippen LogP contribution < -0.4 is 4.90 Å². The SMILES string of the molecule is CCCN1c2ccc(/C=C3\SC(=O)N(C(C)CC)C3=O)cc2C(C)=CC1(C)C. The summed E-state index contributed by atoms with van der Waals surface area (Å²) in [4.78, 5) is 29.3. The van der Waals surface area contributed by atoms with E-state index in [0.717, 1.165) is 36.7 Å². The van der Waals surface area contributed by atoms with Crippen LogP contribution in [-0.4, -0.2) is 34.2 Å². The summed E-state index contributed by atoms with van der Waals surface area (Å²) in [6, 6.07) is 6.26. The van der Waals surface area contributed by atoms with E-state index < -0.39 is 0 Å². The third-order valence-electron chi connectivity index (χ3n) is 5.60. The number of anilines is 1. The molecule has 1 unspecified atom stereocenters. The van der Waals surface area contributed by atoms with Crippen LogP contribution in [0.1, 0.15) is 65.5 Å². The summed E-state index contributed by atoms with van der Waals surface area (Å²) < 4.78 is 0. The molecule has 2 heterocycles. The minimum absolute atomic E-state index is 0.0203. The zero-order valence-corrected chi connectivity index (χ0v) is 18.5. The van der Waals surface area contributed by atoms with Crippen LogP contribution in [0.2, 0.25) is 0 Å². The van der Waals surface area contributed by atoms with Crippen LogP contribution >= 0.6 is 11.8 Å². The molecule has 28 heavy (non-hydrogen) atoms. The molecule has 4 nitrogen and oxygen atoms in total. The molecule has 0 radical (unpaired) electrons. The molecule has 1 fully saturated rings. The van der Waals surface area contributed by atoms with Crippen molar-refractivity contribution >= 4 is 40.2 Å². The van der Waals surface area contributed by atoms with Crippen molar-refractivity contribution in [2.24, 2.45) is 0 Å². The van der Waals surface area contributed by atoms with Crippen molar-refractivity contribution in [2.45, 2.75) is 66.0 Å². The number of amides is 2. The first-order chi connectivity index (χ1) is 13.2. The smallest absolute Gasteiger partial charge is 0.293 e. The second-order valence-electron chi connectivity index (χ2n) is 8.22. The van der Waals surface area contributed by atoms with E-state index in [4.69, 9.17) is 0 Å². The van der Waals surface area contributed by atoms with Gasteiger partial charge in [-0.2, -0.15) is 0 Å². The standard InChI is InChI=1S/C23H30N2O2S/c1-7-11-24-19-10-9-17(12-18(19)15(3)14-23(24,5)6)13-20-21(26)25(16(4)8-2)22(27)28-20/h9-10,12-14,16H,7-8,11H2,1-6H3/b20-13-. The highest BCUT2D eigenvalue weighted by atomic mass is 32.2. The van der Waals surface area contributed by atoms with Crippen molar-refractivity contribution in [1.29, 1.82) is 0 Å². The van der Waals surface area contributed by atoms with Gasteiger partial charge in [0.1, 0.15) is 0 Å². The van der Waals surface area contributed by atoms with Crippen LogP contribution in [-0.2, 0) is 4.79 Å². The first-order valence-corrected chi connectivity index (χ1v) is 10.9. The summed E-state index contributed by atoms with van der Waals surface area (Å²) in [7, 11) is 0. The molecule has 0 N–H and O–H groups in total. The fraction of sp³-hybridized carbons (Fsp3) is 0.478. The predicted octanol–water partition coefficient (Wildman–Crippen LogP) is 5.93. The molecule has 0 aromatic heterocycles. The average molecular weight is 399 g/mol. The largest absolute Gasteiger partial charge is 0.362 e. The molecule has 150 valence electrons. The van der Waals surface area contributed by atoms with E-state index in [0.29, 0.717) is 4.91 Å². The minimum atomic E-state index is -0.178. The quantitative estimate of drug-likeness (QED) is 0.576. The van der Waals surface area contributed by atoms with Crippen LogP contribution in [0.3, 0.4) is 0 Å². The molecule has 2 aliphatic heterocycles. The van der Waals surface area contributed by atoms with E-state index in [9.17, 15) is 9.59 Å². The second-order valence-corrected chi connectivity index (χ2v) is 9.21. The van der Waals surface area contributed by atoms with Crippen molar-refractivity contribution in [1.82, 2.24) is 4.90 Å². The van der Waals surface area contributed by atoms with E-state index in [1.54, 1.807) is 0 Å². The first-order valence-electron chi connectivity index (χ1n) is 10.1. The number of allylic oxidation sites excluding steroid dienone is 1. The van der Waals surface area contributed by atoms with Gasteiger partial charge in [0.15, 0.2) is 0 Å². The van der Waals surface area contributed by atoms with Crippen LogP contribution in [0.25, 0.3) is 11.6 Å². The Morgan fingerprint density at radius 3 is 2.57 bits per heavy atom. The number of nitrogens with zero attached hydrogens (tertiary/aromatic N) is 2. The van der Waals surface area contributed by atoms with Gasteiger partial charge in [-0.3, -0.25) is 14.5 Å². The Hall–Kier alpha value is -2.01. The van der Waals surface area contributed by atoms with Gasteiger partial charge in [-0.1, -0.05) is 26.0 Å². The number of rotatable bonds is 5. The Morgan fingerprint density at radius 2 is 1.93 bits per heavy atom. The third-order valence-corrected chi connectivity index (χ3v) is 6.49. The molecule has 0 bridgehead atoms. The van der Waals surface area contributed by atoms with Crippen LogP contribution in [0, 0.1) is 0 Å².